The van der Waals surface area contributed by atoms with E-state index in [1.807, 2.05) is 32.0 Å². The predicted molar refractivity (Wildman–Crippen MR) is 113 cm³/mol. The van der Waals surface area contributed by atoms with Crippen molar-refractivity contribution in [3.05, 3.63) is 77.1 Å². The number of H-pyrrole nitrogens is 1. The number of carbonyl (C=O) groups is 2. The highest BCUT2D eigenvalue weighted by atomic mass is 32.2. The maximum absolute atomic E-state index is 12.5. The highest BCUT2D eigenvalue weighted by molar-refractivity contribution is 8.00. The van der Waals surface area contributed by atoms with Gasteiger partial charge in [-0.1, -0.05) is 54.2 Å². The van der Waals surface area contributed by atoms with Crippen molar-refractivity contribution in [2.75, 3.05) is 5.32 Å². The minimum atomic E-state index is -0.337. The average molecular weight is 394 g/mol. The number of imidazole rings is 1. The molecule has 0 aliphatic rings. The number of thioether (sulfide) groups is 1. The first-order valence-electron chi connectivity index (χ1n) is 9.10. The summed E-state index contributed by atoms with van der Waals surface area (Å²) in [5.74, 6) is -0.167. The number of Topliss-reactive ketones (excluding diaryl/α,β-unsaturated/α-hetero) is 1. The fourth-order valence-electron chi connectivity index (χ4n) is 2.76. The lowest BCUT2D eigenvalue weighted by Crippen LogP contribution is -2.22. The summed E-state index contributed by atoms with van der Waals surface area (Å²) in [6.07, 6.45) is 0.752. The number of benzene rings is 2. The van der Waals surface area contributed by atoms with Crippen LogP contribution in [0.1, 0.15) is 41.2 Å². The maximum Gasteiger partial charge on any atom is 0.237 e. The predicted octanol–water partition coefficient (Wildman–Crippen LogP) is 4.63. The molecule has 144 valence electrons. The number of amides is 1. The van der Waals surface area contributed by atoms with Crippen LogP contribution >= 0.6 is 11.8 Å². The summed E-state index contributed by atoms with van der Waals surface area (Å²) in [5, 5.41) is 3.25. The van der Waals surface area contributed by atoms with Crippen LogP contribution in [-0.4, -0.2) is 26.9 Å². The molecule has 0 saturated heterocycles. The van der Waals surface area contributed by atoms with E-state index in [4.69, 9.17) is 0 Å². The number of aromatic nitrogens is 2. The standard InChI is InChI=1S/C22H23N3O2S/c1-14-20(12-17-8-5-4-6-9-17)25-22(23-14)28-16(3)21(27)24-19-11-7-10-18(13-19)15(2)26/h4-11,13,16H,12H2,1-3H3,(H,23,25)(H,24,27)/t16-/m0/s1. The van der Waals surface area contributed by atoms with Crippen molar-refractivity contribution in [3.8, 4) is 0 Å². The normalized spacial score (nSPS) is 11.8. The van der Waals surface area contributed by atoms with E-state index in [9.17, 15) is 9.59 Å². The quantitative estimate of drug-likeness (QED) is 0.453. The molecule has 6 heteroatoms. The van der Waals surface area contributed by atoms with Crippen molar-refractivity contribution < 1.29 is 9.59 Å². The van der Waals surface area contributed by atoms with E-state index in [-0.39, 0.29) is 16.9 Å². The molecule has 0 aliphatic heterocycles. The number of nitrogens with one attached hydrogen (secondary N) is 2. The van der Waals surface area contributed by atoms with Crippen molar-refractivity contribution in [2.24, 2.45) is 0 Å². The first-order valence-corrected chi connectivity index (χ1v) is 9.98. The fourth-order valence-corrected chi connectivity index (χ4v) is 3.64. The lowest BCUT2D eigenvalue weighted by molar-refractivity contribution is -0.115. The van der Waals surface area contributed by atoms with Gasteiger partial charge < -0.3 is 10.3 Å². The van der Waals surface area contributed by atoms with Gasteiger partial charge in [-0.15, -0.1) is 0 Å². The molecular weight excluding hydrogens is 370 g/mol. The Hall–Kier alpha value is -2.86. The van der Waals surface area contributed by atoms with Crippen LogP contribution in [0.3, 0.4) is 0 Å². The van der Waals surface area contributed by atoms with E-state index in [0.717, 1.165) is 23.0 Å². The number of carbonyl (C=O) groups excluding carboxylic acids is 2. The van der Waals surface area contributed by atoms with Gasteiger partial charge in [-0.3, -0.25) is 9.59 Å². The molecule has 28 heavy (non-hydrogen) atoms. The second-order valence-electron chi connectivity index (χ2n) is 6.66. The van der Waals surface area contributed by atoms with Gasteiger partial charge in [0.1, 0.15) is 0 Å². The Balaban J connectivity index is 1.63. The van der Waals surface area contributed by atoms with E-state index in [1.165, 1.54) is 24.2 Å². The number of aryl methyl sites for hydroxylation is 1. The van der Waals surface area contributed by atoms with Crippen LogP contribution in [0.5, 0.6) is 0 Å². The van der Waals surface area contributed by atoms with Crippen molar-refractivity contribution in [3.63, 3.8) is 0 Å². The number of hydrogen-bond donors (Lipinski definition) is 2. The zero-order chi connectivity index (χ0) is 20.1. The SMILES string of the molecule is CC(=O)c1cccc(NC(=O)[C@H](C)Sc2nc(Cc3ccccc3)c(C)[nH]2)c1. The van der Waals surface area contributed by atoms with E-state index in [1.54, 1.807) is 24.3 Å². The Bertz CT molecular complexity index is 982. The lowest BCUT2D eigenvalue weighted by atomic mass is 10.1. The van der Waals surface area contributed by atoms with E-state index in [0.29, 0.717) is 11.3 Å². The molecule has 0 saturated carbocycles. The number of ketones is 1. The molecular formula is C22H23N3O2S. The van der Waals surface area contributed by atoms with Gasteiger partial charge in [0.25, 0.3) is 0 Å². The molecule has 1 heterocycles. The van der Waals surface area contributed by atoms with Crippen LogP contribution < -0.4 is 5.32 Å². The fraction of sp³-hybridized carbons (Fsp3) is 0.227. The molecule has 3 aromatic rings. The second kappa shape index (κ2) is 8.89. The van der Waals surface area contributed by atoms with Gasteiger partial charge in [0.2, 0.25) is 5.91 Å². The summed E-state index contributed by atoms with van der Waals surface area (Å²) in [6.45, 7) is 5.34. The molecule has 1 aromatic heterocycles. The van der Waals surface area contributed by atoms with Gasteiger partial charge in [-0.2, -0.15) is 0 Å². The molecule has 0 spiro atoms. The molecule has 1 amide bonds. The summed E-state index contributed by atoms with van der Waals surface area (Å²) in [5.41, 5.74) is 4.38. The summed E-state index contributed by atoms with van der Waals surface area (Å²) < 4.78 is 0. The Morgan fingerprint density at radius 3 is 2.61 bits per heavy atom. The summed E-state index contributed by atoms with van der Waals surface area (Å²) >= 11 is 1.38. The molecule has 0 bridgehead atoms. The van der Waals surface area contributed by atoms with Crippen LogP contribution in [0.4, 0.5) is 5.69 Å². The van der Waals surface area contributed by atoms with Crippen LogP contribution in [0.15, 0.2) is 59.8 Å². The largest absolute Gasteiger partial charge is 0.337 e. The van der Waals surface area contributed by atoms with Crippen LogP contribution in [-0.2, 0) is 11.2 Å². The zero-order valence-corrected chi connectivity index (χ0v) is 17.0. The van der Waals surface area contributed by atoms with Crippen molar-refractivity contribution in [1.29, 1.82) is 0 Å². The first-order chi connectivity index (χ1) is 13.4. The van der Waals surface area contributed by atoms with Gasteiger partial charge in [-0.25, -0.2) is 4.98 Å². The molecule has 0 fully saturated rings. The smallest absolute Gasteiger partial charge is 0.237 e. The Labute approximate surface area is 169 Å². The van der Waals surface area contributed by atoms with Gasteiger partial charge in [0.05, 0.1) is 10.9 Å². The Morgan fingerprint density at radius 2 is 1.89 bits per heavy atom. The van der Waals surface area contributed by atoms with Gasteiger partial charge >= 0.3 is 0 Å². The van der Waals surface area contributed by atoms with Crippen molar-refractivity contribution in [1.82, 2.24) is 9.97 Å². The number of nitrogens with zero attached hydrogens (tertiary/aromatic N) is 1. The maximum atomic E-state index is 12.5. The molecule has 0 unspecified atom stereocenters. The number of aromatic amines is 1. The van der Waals surface area contributed by atoms with Gasteiger partial charge in [0.15, 0.2) is 10.9 Å². The molecule has 5 nitrogen and oxygen atoms in total. The number of rotatable bonds is 7. The van der Waals surface area contributed by atoms with Gasteiger partial charge in [0, 0.05) is 23.4 Å². The Kier molecular flexibility index (Phi) is 6.31. The zero-order valence-electron chi connectivity index (χ0n) is 16.2. The van der Waals surface area contributed by atoms with Crippen LogP contribution in [0.25, 0.3) is 0 Å². The third kappa shape index (κ3) is 5.10. The van der Waals surface area contributed by atoms with Crippen molar-refractivity contribution in [2.45, 2.75) is 37.6 Å². The molecule has 2 N–H and O–H groups in total. The highest BCUT2D eigenvalue weighted by Gasteiger charge is 2.18. The average Bonchev–Trinajstić information content (AvgIpc) is 3.01. The van der Waals surface area contributed by atoms with Crippen molar-refractivity contribution >= 4 is 29.1 Å². The third-order valence-electron chi connectivity index (χ3n) is 4.37. The summed E-state index contributed by atoms with van der Waals surface area (Å²) in [7, 11) is 0. The van der Waals surface area contributed by atoms with Crippen LogP contribution in [0.2, 0.25) is 0 Å². The number of hydrogen-bond acceptors (Lipinski definition) is 4. The first kappa shape index (κ1) is 19.9. The highest BCUT2D eigenvalue weighted by Crippen LogP contribution is 2.24. The molecule has 2 aromatic carbocycles. The second-order valence-corrected chi connectivity index (χ2v) is 7.99. The Morgan fingerprint density at radius 1 is 1.14 bits per heavy atom. The molecule has 0 aliphatic carbocycles. The monoisotopic (exact) mass is 393 g/mol. The van der Waals surface area contributed by atoms with Gasteiger partial charge in [-0.05, 0) is 38.5 Å². The molecule has 1 atom stereocenters. The molecule has 0 radical (unpaired) electrons. The van der Waals surface area contributed by atoms with E-state index < -0.39 is 0 Å². The molecule has 3 rings (SSSR count). The lowest BCUT2D eigenvalue weighted by Gasteiger charge is -2.11. The third-order valence-corrected chi connectivity index (χ3v) is 5.36. The summed E-state index contributed by atoms with van der Waals surface area (Å²) in [4.78, 5) is 31.9. The van der Waals surface area contributed by atoms with Crippen LogP contribution in [0, 0.1) is 6.92 Å². The topological polar surface area (TPSA) is 74.8 Å². The minimum Gasteiger partial charge on any atom is -0.337 e. The minimum absolute atomic E-state index is 0.0319. The van der Waals surface area contributed by atoms with E-state index in [2.05, 4.69) is 27.4 Å². The summed E-state index contributed by atoms with van der Waals surface area (Å²) in [6, 6.07) is 17.1. The number of anilines is 1. The van der Waals surface area contributed by atoms with E-state index >= 15 is 0 Å².